The second-order valence-electron chi connectivity index (χ2n) is 3.48. The fourth-order valence-corrected chi connectivity index (χ4v) is 1.85. The largest absolute Gasteiger partial charge is 0.448 e. The Hall–Kier alpha value is -1.76. The molecule has 0 spiro atoms. The minimum Gasteiger partial charge on any atom is -0.448 e. The van der Waals surface area contributed by atoms with Crippen LogP contribution in [0.5, 0.6) is 5.75 Å². The van der Waals surface area contributed by atoms with Crippen LogP contribution in [0.3, 0.4) is 0 Å². The molecule has 3 heteroatoms. The first-order valence-corrected chi connectivity index (χ1v) is 5.15. The number of benzene rings is 1. The lowest BCUT2D eigenvalue weighted by Gasteiger charge is -2.15. The second kappa shape index (κ2) is 3.38. The number of hydrogen-bond acceptors (Lipinski definition) is 1. The standard InChI is InChI=1S/C13H6ClFO/c14-8-4-5-10-11-7-9(16-13(10)6-8)2-1-3-12(11)15/h1-6H. The van der Waals surface area contributed by atoms with Crippen LogP contribution in [0.2, 0.25) is 5.02 Å². The Bertz CT molecular complexity index is 604. The summed E-state index contributed by atoms with van der Waals surface area (Å²) in [6.45, 7) is 0. The van der Waals surface area contributed by atoms with E-state index in [1.807, 2.05) is 0 Å². The normalized spacial score (nSPS) is 16.5. The van der Waals surface area contributed by atoms with Gasteiger partial charge in [0.1, 0.15) is 11.6 Å². The van der Waals surface area contributed by atoms with Gasteiger partial charge in [0.05, 0.1) is 5.57 Å². The van der Waals surface area contributed by atoms with Gasteiger partial charge in [-0.1, -0.05) is 23.4 Å². The van der Waals surface area contributed by atoms with Crippen molar-refractivity contribution in [2.45, 2.75) is 0 Å². The summed E-state index contributed by atoms with van der Waals surface area (Å²) in [5.74, 6) is 0.734. The number of rotatable bonds is 0. The third-order valence-corrected chi connectivity index (χ3v) is 2.65. The van der Waals surface area contributed by atoms with Crippen molar-refractivity contribution in [3.05, 3.63) is 64.3 Å². The molecular formula is C13H6ClFO. The number of allylic oxidation sites excluding steroid dienone is 4. The van der Waals surface area contributed by atoms with E-state index in [0.717, 1.165) is 0 Å². The van der Waals surface area contributed by atoms with E-state index in [0.29, 0.717) is 27.7 Å². The molecule has 1 aromatic rings. The Morgan fingerprint density at radius 1 is 1.31 bits per heavy atom. The van der Waals surface area contributed by atoms with Crippen LogP contribution in [-0.4, -0.2) is 0 Å². The molecule has 0 atom stereocenters. The Labute approximate surface area is 96.8 Å². The molecule has 0 radical (unpaired) electrons. The zero-order valence-corrected chi connectivity index (χ0v) is 8.88. The second-order valence-corrected chi connectivity index (χ2v) is 3.92. The quantitative estimate of drug-likeness (QED) is 0.614. The van der Waals surface area contributed by atoms with Crippen molar-refractivity contribution >= 4 is 17.2 Å². The average molecular weight is 233 g/mol. The smallest absolute Gasteiger partial charge is 0.170 e. The van der Waals surface area contributed by atoms with Crippen molar-refractivity contribution in [3.8, 4) is 5.75 Å². The predicted molar refractivity (Wildman–Crippen MR) is 60.8 cm³/mol. The Morgan fingerprint density at radius 2 is 2.19 bits per heavy atom. The van der Waals surface area contributed by atoms with Crippen LogP contribution in [0.25, 0.3) is 5.57 Å². The van der Waals surface area contributed by atoms with Gasteiger partial charge >= 0.3 is 0 Å². The van der Waals surface area contributed by atoms with Crippen molar-refractivity contribution in [1.82, 2.24) is 0 Å². The average Bonchev–Trinajstić information content (AvgIpc) is 2.40. The molecule has 0 fully saturated rings. The van der Waals surface area contributed by atoms with Crippen LogP contribution >= 0.6 is 11.6 Å². The molecule has 1 aromatic carbocycles. The van der Waals surface area contributed by atoms with Crippen molar-refractivity contribution < 1.29 is 9.13 Å². The van der Waals surface area contributed by atoms with E-state index < -0.39 is 0 Å². The molecule has 0 N–H and O–H groups in total. The van der Waals surface area contributed by atoms with Crippen LogP contribution in [-0.2, 0) is 0 Å². The third-order valence-electron chi connectivity index (χ3n) is 2.41. The summed E-state index contributed by atoms with van der Waals surface area (Å²) in [7, 11) is 0. The molecule has 0 amide bonds. The SMILES string of the molecule is FC1=CC=CC2=C=C1c1ccc(Cl)cc1O2. The molecule has 0 saturated carbocycles. The summed E-state index contributed by atoms with van der Waals surface area (Å²) < 4.78 is 19.2. The summed E-state index contributed by atoms with van der Waals surface area (Å²) in [4.78, 5) is 0. The topological polar surface area (TPSA) is 9.23 Å². The number of fused-ring (bicyclic) bond motifs is 2. The highest BCUT2D eigenvalue weighted by Crippen LogP contribution is 2.38. The fourth-order valence-electron chi connectivity index (χ4n) is 1.69. The van der Waals surface area contributed by atoms with E-state index in [1.165, 1.54) is 6.08 Å². The molecule has 78 valence electrons. The van der Waals surface area contributed by atoms with Crippen LogP contribution in [0.1, 0.15) is 5.56 Å². The first kappa shape index (κ1) is 9.46. The monoisotopic (exact) mass is 232 g/mol. The van der Waals surface area contributed by atoms with Crippen molar-refractivity contribution in [2.24, 2.45) is 0 Å². The van der Waals surface area contributed by atoms with Gasteiger partial charge in [0.25, 0.3) is 0 Å². The molecule has 1 aliphatic carbocycles. The van der Waals surface area contributed by atoms with E-state index in [9.17, 15) is 4.39 Å². The van der Waals surface area contributed by atoms with Gasteiger partial charge in [-0.05, 0) is 24.3 Å². The van der Waals surface area contributed by atoms with Gasteiger partial charge in [-0.15, -0.1) is 0 Å². The van der Waals surface area contributed by atoms with Crippen LogP contribution in [0.4, 0.5) is 4.39 Å². The highest BCUT2D eigenvalue weighted by atomic mass is 35.5. The highest BCUT2D eigenvalue weighted by Gasteiger charge is 2.19. The minimum absolute atomic E-state index is 0.321. The van der Waals surface area contributed by atoms with E-state index in [2.05, 4.69) is 5.73 Å². The molecule has 0 saturated heterocycles. The van der Waals surface area contributed by atoms with Crippen molar-refractivity contribution in [1.29, 1.82) is 0 Å². The van der Waals surface area contributed by atoms with Crippen LogP contribution < -0.4 is 4.74 Å². The zero-order chi connectivity index (χ0) is 11.1. The minimum atomic E-state index is -0.321. The molecule has 0 unspecified atom stereocenters. The molecule has 1 heterocycles. The molecule has 16 heavy (non-hydrogen) atoms. The lowest BCUT2D eigenvalue weighted by molar-refractivity contribution is 0.441. The molecule has 3 rings (SSSR count). The van der Waals surface area contributed by atoms with Gasteiger partial charge in [-0.3, -0.25) is 0 Å². The Morgan fingerprint density at radius 3 is 3.06 bits per heavy atom. The number of hydrogen-bond donors (Lipinski definition) is 0. The maximum Gasteiger partial charge on any atom is 0.170 e. The van der Waals surface area contributed by atoms with Crippen molar-refractivity contribution in [3.63, 3.8) is 0 Å². The Balaban J connectivity index is 2.28. The fraction of sp³-hybridized carbons (Fsp3) is 0. The molecule has 2 bridgehead atoms. The van der Waals surface area contributed by atoms with Crippen molar-refractivity contribution in [2.75, 3.05) is 0 Å². The maximum absolute atomic E-state index is 13.7. The first-order chi connectivity index (χ1) is 7.74. The van der Waals surface area contributed by atoms with Crippen LogP contribution in [0.15, 0.2) is 53.7 Å². The van der Waals surface area contributed by atoms with Gasteiger partial charge < -0.3 is 4.74 Å². The summed E-state index contributed by atoms with van der Waals surface area (Å²) in [6.07, 6.45) is 4.65. The summed E-state index contributed by atoms with van der Waals surface area (Å²) in [6, 6.07) is 5.11. The molecular weight excluding hydrogens is 227 g/mol. The lowest BCUT2D eigenvalue weighted by Crippen LogP contribution is -2.00. The lowest BCUT2D eigenvalue weighted by atomic mass is 10.0. The summed E-state index contributed by atoms with van der Waals surface area (Å²) >= 11 is 5.87. The molecule has 0 aromatic heterocycles. The molecule has 2 aliphatic rings. The van der Waals surface area contributed by atoms with E-state index in [1.54, 1.807) is 30.4 Å². The molecule has 1 nitrogen and oxygen atoms in total. The third kappa shape index (κ3) is 1.40. The first-order valence-electron chi connectivity index (χ1n) is 4.77. The predicted octanol–water partition coefficient (Wildman–Crippen LogP) is 4.02. The number of halogens is 2. The van der Waals surface area contributed by atoms with Gasteiger partial charge in [0.15, 0.2) is 5.76 Å². The van der Waals surface area contributed by atoms with Gasteiger partial charge in [-0.25, -0.2) is 4.39 Å². The van der Waals surface area contributed by atoms with E-state index in [-0.39, 0.29) is 5.83 Å². The van der Waals surface area contributed by atoms with E-state index >= 15 is 0 Å². The summed E-state index contributed by atoms with van der Waals surface area (Å²) in [5, 5.41) is 0.562. The van der Waals surface area contributed by atoms with Crippen LogP contribution in [0, 0.1) is 0 Å². The number of ether oxygens (including phenoxy) is 1. The summed E-state index contributed by atoms with van der Waals surface area (Å²) in [5.41, 5.74) is 3.97. The van der Waals surface area contributed by atoms with Gasteiger partial charge in [0.2, 0.25) is 0 Å². The van der Waals surface area contributed by atoms with E-state index in [4.69, 9.17) is 16.3 Å². The highest BCUT2D eigenvalue weighted by molar-refractivity contribution is 6.30. The Kier molecular flexibility index (Phi) is 2.00. The van der Waals surface area contributed by atoms with Gasteiger partial charge in [-0.2, -0.15) is 0 Å². The molecule has 1 aliphatic heterocycles. The van der Waals surface area contributed by atoms with Gasteiger partial charge in [0, 0.05) is 16.7 Å². The zero-order valence-electron chi connectivity index (χ0n) is 8.13. The maximum atomic E-state index is 13.7.